The molecule has 7 nitrogen and oxygen atoms in total. The van der Waals surface area contributed by atoms with Gasteiger partial charge < -0.3 is 10.6 Å². The number of benzene rings is 2. The molecular weight excluding hydrogens is 394 g/mol. The Balaban J connectivity index is 1.96. The first-order valence-electron chi connectivity index (χ1n) is 9.09. The summed E-state index contributed by atoms with van der Waals surface area (Å²) in [6.07, 6.45) is 3.59. The van der Waals surface area contributed by atoms with Crippen molar-refractivity contribution in [3.63, 3.8) is 0 Å². The standard InChI is InChI=1S/C21H22ClN3O4/c1-3-14(2)24-21(27)17-6-4-5-16(11-17)13-23-20(26)10-8-15-7-9-18(22)19(12-15)25(28)29/h4-12,14H,3,13H2,1-2H3,(H,23,26)(H,24,27)/b10-8+. The van der Waals surface area contributed by atoms with Gasteiger partial charge in [-0.15, -0.1) is 0 Å². The molecule has 152 valence electrons. The summed E-state index contributed by atoms with van der Waals surface area (Å²) < 4.78 is 0. The number of carbonyl (C=O) groups is 2. The van der Waals surface area contributed by atoms with Gasteiger partial charge in [-0.1, -0.05) is 36.7 Å². The summed E-state index contributed by atoms with van der Waals surface area (Å²) >= 11 is 5.77. The normalized spacial score (nSPS) is 11.8. The molecule has 29 heavy (non-hydrogen) atoms. The van der Waals surface area contributed by atoms with Crippen molar-refractivity contribution >= 4 is 35.2 Å². The van der Waals surface area contributed by atoms with Gasteiger partial charge in [-0.3, -0.25) is 19.7 Å². The molecule has 0 saturated heterocycles. The van der Waals surface area contributed by atoms with E-state index in [2.05, 4.69) is 10.6 Å². The Morgan fingerprint density at radius 1 is 1.24 bits per heavy atom. The zero-order valence-corrected chi connectivity index (χ0v) is 16.9. The molecule has 0 bridgehead atoms. The van der Waals surface area contributed by atoms with Gasteiger partial charge in [0.15, 0.2) is 0 Å². The molecule has 1 atom stereocenters. The summed E-state index contributed by atoms with van der Waals surface area (Å²) in [6.45, 7) is 4.17. The summed E-state index contributed by atoms with van der Waals surface area (Å²) in [6, 6.07) is 11.4. The van der Waals surface area contributed by atoms with Crippen molar-refractivity contribution in [3.05, 3.63) is 80.4 Å². The highest BCUT2D eigenvalue weighted by Gasteiger charge is 2.12. The lowest BCUT2D eigenvalue weighted by atomic mass is 10.1. The topological polar surface area (TPSA) is 101 Å². The summed E-state index contributed by atoms with van der Waals surface area (Å²) in [7, 11) is 0. The number of nitrogens with one attached hydrogen (secondary N) is 2. The molecule has 2 rings (SSSR count). The fourth-order valence-electron chi connectivity index (χ4n) is 2.43. The third kappa shape index (κ3) is 6.73. The summed E-state index contributed by atoms with van der Waals surface area (Å²) in [5.74, 6) is -0.520. The van der Waals surface area contributed by atoms with Gasteiger partial charge in [-0.25, -0.2) is 0 Å². The van der Waals surface area contributed by atoms with Crippen LogP contribution in [-0.4, -0.2) is 22.8 Å². The summed E-state index contributed by atoms with van der Waals surface area (Å²) in [4.78, 5) is 34.6. The van der Waals surface area contributed by atoms with Crippen molar-refractivity contribution in [2.45, 2.75) is 32.9 Å². The smallest absolute Gasteiger partial charge is 0.288 e. The van der Waals surface area contributed by atoms with Gasteiger partial charge in [0.05, 0.1) is 4.92 Å². The molecule has 2 aromatic rings. The second-order valence-electron chi connectivity index (χ2n) is 6.50. The van der Waals surface area contributed by atoms with Crippen molar-refractivity contribution in [3.8, 4) is 0 Å². The number of rotatable bonds is 8. The molecule has 0 radical (unpaired) electrons. The maximum atomic E-state index is 12.2. The number of hydrogen-bond donors (Lipinski definition) is 2. The molecule has 2 aromatic carbocycles. The summed E-state index contributed by atoms with van der Waals surface area (Å²) in [5.41, 5.74) is 1.58. The first-order chi connectivity index (χ1) is 13.8. The van der Waals surface area contributed by atoms with E-state index in [1.807, 2.05) is 19.9 Å². The van der Waals surface area contributed by atoms with Crippen molar-refractivity contribution in [1.82, 2.24) is 10.6 Å². The number of nitro benzene ring substituents is 1. The number of nitrogens with zero attached hydrogens (tertiary/aromatic N) is 1. The van der Waals surface area contributed by atoms with Gasteiger partial charge in [0.25, 0.3) is 11.6 Å². The number of carbonyl (C=O) groups excluding carboxylic acids is 2. The van der Waals surface area contributed by atoms with E-state index in [1.165, 1.54) is 24.3 Å². The second-order valence-corrected chi connectivity index (χ2v) is 6.91. The highest BCUT2D eigenvalue weighted by atomic mass is 35.5. The minimum absolute atomic E-state index is 0.0360. The second kappa shape index (κ2) is 10.4. The summed E-state index contributed by atoms with van der Waals surface area (Å²) in [5, 5.41) is 16.6. The van der Waals surface area contributed by atoms with Gasteiger partial charge in [0, 0.05) is 30.3 Å². The van der Waals surface area contributed by atoms with Crippen LogP contribution in [0.15, 0.2) is 48.5 Å². The van der Waals surface area contributed by atoms with Crippen LogP contribution in [0.1, 0.15) is 41.8 Å². The van der Waals surface area contributed by atoms with Gasteiger partial charge in [-0.05, 0) is 48.7 Å². The molecule has 2 N–H and O–H groups in total. The van der Waals surface area contributed by atoms with Crippen LogP contribution >= 0.6 is 11.6 Å². The van der Waals surface area contributed by atoms with Crippen LogP contribution in [0.25, 0.3) is 6.08 Å². The van der Waals surface area contributed by atoms with Gasteiger partial charge in [0.1, 0.15) is 5.02 Å². The average Bonchev–Trinajstić information content (AvgIpc) is 2.71. The molecule has 0 heterocycles. The van der Waals surface area contributed by atoms with E-state index >= 15 is 0 Å². The van der Waals surface area contributed by atoms with E-state index in [0.717, 1.165) is 12.0 Å². The SMILES string of the molecule is CCC(C)NC(=O)c1cccc(CNC(=O)/C=C/c2ccc(Cl)c([N+](=O)[O-])c2)c1. The van der Waals surface area contributed by atoms with E-state index in [1.54, 1.807) is 24.3 Å². The van der Waals surface area contributed by atoms with Gasteiger partial charge in [-0.2, -0.15) is 0 Å². The number of amides is 2. The van der Waals surface area contributed by atoms with E-state index in [9.17, 15) is 19.7 Å². The Labute approximate surface area is 173 Å². The average molecular weight is 416 g/mol. The monoisotopic (exact) mass is 415 g/mol. The quantitative estimate of drug-likeness (QED) is 0.385. The molecule has 0 fully saturated rings. The first kappa shape index (κ1) is 22.1. The minimum atomic E-state index is -0.579. The Hall–Kier alpha value is -3.19. The third-order valence-corrected chi connectivity index (χ3v) is 4.56. The molecule has 0 aliphatic heterocycles. The van der Waals surface area contributed by atoms with Crippen LogP contribution < -0.4 is 10.6 Å². The largest absolute Gasteiger partial charge is 0.350 e. The lowest BCUT2D eigenvalue weighted by Crippen LogP contribution is -2.32. The Morgan fingerprint density at radius 3 is 2.69 bits per heavy atom. The molecule has 1 unspecified atom stereocenters. The maximum Gasteiger partial charge on any atom is 0.288 e. The predicted molar refractivity (Wildman–Crippen MR) is 113 cm³/mol. The van der Waals surface area contributed by atoms with E-state index in [4.69, 9.17) is 11.6 Å². The first-order valence-corrected chi connectivity index (χ1v) is 9.47. The van der Waals surface area contributed by atoms with Crippen LogP contribution in [0.5, 0.6) is 0 Å². The van der Waals surface area contributed by atoms with Crippen molar-refractivity contribution < 1.29 is 14.5 Å². The fraction of sp³-hybridized carbons (Fsp3) is 0.238. The molecule has 0 aromatic heterocycles. The maximum absolute atomic E-state index is 12.2. The number of nitro groups is 1. The lowest BCUT2D eigenvalue weighted by Gasteiger charge is -2.12. The van der Waals surface area contributed by atoms with Crippen LogP contribution in [0.4, 0.5) is 5.69 Å². The van der Waals surface area contributed by atoms with Crippen molar-refractivity contribution in [1.29, 1.82) is 0 Å². The van der Waals surface area contributed by atoms with E-state index in [0.29, 0.717) is 11.1 Å². The Morgan fingerprint density at radius 2 is 2.00 bits per heavy atom. The fourth-order valence-corrected chi connectivity index (χ4v) is 2.61. The minimum Gasteiger partial charge on any atom is -0.350 e. The predicted octanol–water partition coefficient (Wildman–Crippen LogP) is 4.11. The molecular formula is C21H22ClN3O4. The Kier molecular flexibility index (Phi) is 7.91. The van der Waals surface area contributed by atoms with Crippen LogP contribution in [0.2, 0.25) is 5.02 Å². The van der Waals surface area contributed by atoms with E-state index in [-0.39, 0.29) is 35.1 Å². The van der Waals surface area contributed by atoms with Crippen LogP contribution in [-0.2, 0) is 11.3 Å². The molecule has 0 spiro atoms. The molecule has 0 aliphatic rings. The highest BCUT2D eigenvalue weighted by Crippen LogP contribution is 2.25. The van der Waals surface area contributed by atoms with Crippen LogP contribution in [0, 0.1) is 10.1 Å². The van der Waals surface area contributed by atoms with Crippen molar-refractivity contribution in [2.24, 2.45) is 0 Å². The molecule has 8 heteroatoms. The zero-order chi connectivity index (χ0) is 21.4. The van der Waals surface area contributed by atoms with Gasteiger partial charge in [0.2, 0.25) is 5.91 Å². The lowest BCUT2D eigenvalue weighted by molar-refractivity contribution is -0.384. The highest BCUT2D eigenvalue weighted by molar-refractivity contribution is 6.32. The molecule has 0 saturated carbocycles. The van der Waals surface area contributed by atoms with Gasteiger partial charge >= 0.3 is 0 Å². The third-order valence-electron chi connectivity index (χ3n) is 4.24. The van der Waals surface area contributed by atoms with Crippen molar-refractivity contribution in [2.75, 3.05) is 0 Å². The number of halogens is 1. The number of hydrogen-bond acceptors (Lipinski definition) is 4. The Bertz CT molecular complexity index is 943. The van der Waals surface area contributed by atoms with Crippen LogP contribution in [0.3, 0.4) is 0 Å². The van der Waals surface area contributed by atoms with E-state index < -0.39 is 4.92 Å². The molecule has 0 aliphatic carbocycles. The molecule has 2 amide bonds. The zero-order valence-electron chi connectivity index (χ0n) is 16.1.